The molecule has 2 rings (SSSR count). The molecule has 0 saturated heterocycles. The molecule has 0 amide bonds. The number of nitrogens with two attached hydrogens (primary N) is 1. The van der Waals surface area contributed by atoms with E-state index in [9.17, 15) is 0 Å². The number of nitrogen functional groups attached to an aromatic ring is 1. The number of benzene rings is 1. The van der Waals surface area contributed by atoms with Gasteiger partial charge in [0.05, 0.1) is 0 Å². The van der Waals surface area contributed by atoms with E-state index in [1.54, 1.807) is 18.5 Å². The third-order valence-electron chi connectivity index (χ3n) is 2.01. The molecule has 0 aliphatic rings. The van der Waals surface area contributed by atoms with Crippen LogP contribution in [0.2, 0.25) is 0 Å². The molecule has 0 bridgehead atoms. The standard InChI is InChI=1S/C11H9BrN2/c12-9-3-1-8(2-4-9)10-7-14-6-5-11(10)13/h1-7H,(H2,13,14). The summed E-state index contributed by atoms with van der Waals surface area (Å²) in [4.78, 5) is 4.05. The molecule has 2 N–H and O–H groups in total. The number of pyridine rings is 1. The molecule has 2 nitrogen and oxygen atoms in total. The smallest absolute Gasteiger partial charge is 0.0424 e. The Morgan fingerprint density at radius 1 is 1.07 bits per heavy atom. The van der Waals surface area contributed by atoms with Crippen molar-refractivity contribution >= 4 is 21.6 Å². The van der Waals surface area contributed by atoms with Crippen LogP contribution in [0.25, 0.3) is 11.1 Å². The van der Waals surface area contributed by atoms with Crippen LogP contribution in [0, 0.1) is 0 Å². The van der Waals surface area contributed by atoms with Crippen LogP contribution >= 0.6 is 15.9 Å². The topological polar surface area (TPSA) is 38.9 Å². The number of halogens is 1. The molecule has 70 valence electrons. The maximum atomic E-state index is 5.84. The SMILES string of the molecule is Nc1ccncc1-c1ccc(Br)cc1. The van der Waals surface area contributed by atoms with E-state index >= 15 is 0 Å². The highest BCUT2D eigenvalue weighted by Gasteiger charge is 2.00. The summed E-state index contributed by atoms with van der Waals surface area (Å²) in [5.74, 6) is 0. The van der Waals surface area contributed by atoms with E-state index in [4.69, 9.17) is 5.73 Å². The second-order valence-electron chi connectivity index (χ2n) is 2.97. The number of aromatic nitrogens is 1. The van der Waals surface area contributed by atoms with Crippen LogP contribution in [0.5, 0.6) is 0 Å². The van der Waals surface area contributed by atoms with Crippen molar-refractivity contribution in [1.29, 1.82) is 0 Å². The average Bonchev–Trinajstić information content (AvgIpc) is 2.20. The van der Waals surface area contributed by atoms with Gasteiger partial charge in [0.15, 0.2) is 0 Å². The third kappa shape index (κ3) is 1.77. The molecule has 3 heteroatoms. The van der Waals surface area contributed by atoms with Crippen molar-refractivity contribution in [2.45, 2.75) is 0 Å². The quantitative estimate of drug-likeness (QED) is 0.843. The van der Waals surface area contributed by atoms with Crippen LogP contribution in [-0.2, 0) is 0 Å². The maximum Gasteiger partial charge on any atom is 0.0424 e. The predicted molar refractivity (Wildman–Crippen MR) is 61.8 cm³/mol. The van der Waals surface area contributed by atoms with Crippen molar-refractivity contribution in [2.24, 2.45) is 0 Å². The molecule has 2 aromatic rings. The lowest BCUT2D eigenvalue weighted by Gasteiger charge is -2.04. The van der Waals surface area contributed by atoms with Gasteiger partial charge in [-0.15, -0.1) is 0 Å². The Balaban J connectivity index is 2.50. The summed E-state index contributed by atoms with van der Waals surface area (Å²) in [5.41, 5.74) is 8.65. The van der Waals surface area contributed by atoms with Crippen LogP contribution in [0.1, 0.15) is 0 Å². The monoisotopic (exact) mass is 248 g/mol. The second-order valence-corrected chi connectivity index (χ2v) is 3.89. The van der Waals surface area contributed by atoms with E-state index in [1.807, 2.05) is 24.3 Å². The van der Waals surface area contributed by atoms with E-state index in [0.717, 1.165) is 21.3 Å². The Kier molecular flexibility index (Phi) is 2.50. The Bertz CT molecular complexity index is 437. The minimum Gasteiger partial charge on any atom is -0.398 e. The molecular formula is C11H9BrN2. The lowest BCUT2D eigenvalue weighted by molar-refractivity contribution is 1.33. The summed E-state index contributed by atoms with van der Waals surface area (Å²) >= 11 is 3.39. The summed E-state index contributed by atoms with van der Waals surface area (Å²) in [7, 11) is 0. The zero-order chi connectivity index (χ0) is 9.97. The van der Waals surface area contributed by atoms with Crippen molar-refractivity contribution in [1.82, 2.24) is 4.98 Å². The van der Waals surface area contributed by atoms with Gasteiger partial charge in [0, 0.05) is 28.1 Å². The summed E-state index contributed by atoms with van der Waals surface area (Å²) in [5, 5.41) is 0. The summed E-state index contributed by atoms with van der Waals surface area (Å²) < 4.78 is 1.06. The molecule has 0 atom stereocenters. The first kappa shape index (κ1) is 9.21. The molecule has 0 aliphatic carbocycles. The summed E-state index contributed by atoms with van der Waals surface area (Å²) in [6.07, 6.45) is 3.47. The molecule has 0 aliphatic heterocycles. The molecular weight excluding hydrogens is 240 g/mol. The van der Waals surface area contributed by atoms with Gasteiger partial charge in [0.2, 0.25) is 0 Å². The molecule has 0 unspecified atom stereocenters. The number of anilines is 1. The summed E-state index contributed by atoms with van der Waals surface area (Å²) in [6, 6.07) is 9.80. The zero-order valence-electron chi connectivity index (χ0n) is 7.44. The van der Waals surface area contributed by atoms with Gasteiger partial charge in [-0.2, -0.15) is 0 Å². The Morgan fingerprint density at radius 3 is 2.43 bits per heavy atom. The van der Waals surface area contributed by atoms with E-state index in [0.29, 0.717) is 0 Å². The van der Waals surface area contributed by atoms with Gasteiger partial charge < -0.3 is 5.73 Å². The van der Waals surface area contributed by atoms with Crippen LogP contribution in [-0.4, -0.2) is 4.98 Å². The fourth-order valence-corrected chi connectivity index (χ4v) is 1.54. The number of nitrogens with zero attached hydrogens (tertiary/aromatic N) is 1. The van der Waals surface area contributed by atoms with Gasteiger partial charge in [-0.3, -0.25) is 4.98 Å². The largest absolute Gasteiger partial charge is 0.398 e. The van der Waals surface area contributed by atoms with Crippen LogP contribution in [0.4, 0.5) is 5.69 Å². The van der Waals surface area contributed by atoms with Crippen molar-refractivity contribution in [3.05, 3.63) is 47.2 Å². The Hall–Kier alpha value is -1.35. The normalized spacial score (nSPS) is 10.1. The van der Waals surface area contributed by atoms with Gasteiger partial charge in [-0.25, -0.2) is 0 Å². The molecule has 0 saturated carbocycles. The van der Waals surface area contributed by atoms with Gasteiger partial charge in [-0.05, 0) is 23.8 Å². The van der Waals surface area contributed by atoms with E-state index in [-0.39, 0.29) is 0 Å². The highest BCUT2D eigenvalue weighted by Crippen LogP contribution is 2.25. The maximum absolute atomic E-state index is 5.84. The fourth-order valence-electron chi connectivity index (χ4n) is 1.28. The van der Waals surface area contributed by atoms with Crippen LogP contribution in [0.15, 0.2) is 47.2 Å². The zero-order valence-corrected chi connectivity index (χ0v) is 9.03. The van der Waals surface area contributed by atoms with Crippen molar-refractivity contribution < 1.29 is 0 Å². The predicted octanol–water partition coefficient (Wildman–Crippen LogP) is 3.09. The number of rotatable bonds is 1. The number of hydrogen-bond donors (Lipinski definition) is 1. The molecule has 1 aromatic heterocycles. The van der Waals surface area contributed by atoms with Crippen molar-refractivity contribution in [2.75, 3.05) is 5.73 Å². The highest BCUT2D eigenvalue weighted by molar-refractivity contribution is 9.10. The summed E-state index contributed by atoms with van der Waals surface area (Å²) in [6.45, 7) is 0. The van der Waals surface area contributed by atoms with E-state index in [2.05, 4.69) is 20.9 Å². The third-order valence-corrected chi connectivity index (χ3v) is 2.54. The van der Waals surface area contributed by atoms with Crippen LogP contribution in [0.3, 0.4) is 0 Å². The molecule has 0 spiro atoms. The fraction of sp³-hybridized carbons (Fsp3) is 0. The van der Waals surface area contributed by atoms with E-state index in [1.165, 1.54) is 0 Å². The van der Waals surface area contributed by atoms with Gasteiger partial charge in [-0.1, -0.05) is 28.1 Å². The van der Waals surface area contributed by atoms with Crippen molar-refractivity contribution in [3.8, 4) is 11.1 Å². The second kappa shape index (κ2) is 3.80. The molecule has 1 heterocycles. The van der Waals surface area contributed by atoms with Gasteiger partial charge in [0.1, 0.15) is 0 Å². The Morgan fingerprint density at radius 2 is 1.79 bits per heavy atom. The van der Waals surface area contributed by atoms with Crippen LogP contribution < -0.4 is 5.73 Å². The van der Waals surface area contributed by atoms with E-state index < -0.39 is 0 Å². The molecule has 0 radical (unpaired) electrons. The van der Waals surface area contributed by atoms with Gasteiger partial charge in [0.25, 0.3) is 0 Å². The highest BCUT2D eigenvalue weighted by atomic mass is 79.9. The Labute approximate surface area is 90.9 Å². The first-order valence-corrected chi connectivity index (χ1v) is 5.02. The molecule has 14 heavy (non-hydrogen) atoms. The van der Waals surface area contributed by atoms with Crippen molar-refractivity contribution in [3.63, 3.8) is 0 Å². The molecule has 0 fully saturated rings. The lowest BCUT2D eigenvalue weighted by atomic mass is 10.1. The lowest BCUT2D eigenvalue weighted by Crippen LogP contribution is -1.90. The average molecular weight is 249 g/mol. The van der Waals surface area contributed by atoms with Gasteiger partial charge >= 0.3 is 0 Å². The minimum absolute atomic E-state index is 0.752. The minimum atomic E-state index is 0.752. The number of hydrogen-bond acceptors (Lipinski definition) is 2. The molecule has 1 aromatic carbocycles. The first-order valence-electron chi connectivity index (χ1n) is 4.23. The first-order chi connectivity index (χ1) is 6.77.